The number of halogens is 1. The minimum Gasteiger partial charge on any atom is -1.00 e. The first kappa shape index (κ1) is 42.4. The highest BCUT2D eigenvalue weighted by Crippen LogP contribution is 2.29. The Balaban J connectivity index is 0.0000110. The highest BCUT2D eigenvalue weighted by molar-refractivity contribution is 5.71. The summed E-state index contributed by atoms with van der Waals surface area (Å²) in [6, 6.07) is 12.5. The molecule has 9 heteroatoms. The van der Waals surface area contributed by atoms with E-state index in [1.807, 2.05) is 12.1 Å². The van der Waals surface area contributed by atoms with Crippen LogP contribution in [0.15, 0.2) is 36.4 Å². The van der Waals surface area contributed by atoms with Gasteiger partial charge in [0.25, 0.3) is 0 Å². The number of ether oxygens (including phenoxy) is 2. The molecular formula is C38H64BrN4O4+. The Morgan fingerprint density at radius 2 is 0.915 bits per heavy atom. The lowest BCUT2D eigenvalue weighted by atomic mass is 9.99. The molecule has 0 saturated carbocycles. The molecule has 0 aromatic heterocycles. The molecule has 0 atom stereocenters. The quantitative estimate of drug-likeness (QED) is 0.166. The molecule has 266 valence electrons. The number of amides is 2. The van der Waals surface area contributed by atoms with Gasteiger partial charge in [0.2, 0.25) is 0 Å². The second-order valence-corrected chi connectivity index (χ2v) is 15.3. The molecule has 0 N–H and O–H groups in total. The van der Waals surface area contributed by atoms with E-state index in [1.54, 1.807) is 28.2 Å². The summed E-state index contributed by atoms with van der Waals surface area (Å²) in [5, 5.41) is 0. The highest BCUT2D eigenvalue weighted by atomic mass is 79.9. The van der Waals surface area contributed by atoms with E-state index in [-0.39, 0.29) is 29.2 Å². The third-order valence-electron chi connectivity index (χ3n) is 8.60. The SMILES string of the molecule is CC(C)c1ccc(OC(=O)N(C)C)c(C[N+](C)(C)CCCCCCCC[N+](C)(C)Cc2cc(C(C)C)ccc2OC(=O)N(C)C)c1.[Br-]. The molecule has 47 heavy (non-hydrogen) atoms. The number of benzene rings is 2. The Labute approximate surface area is 296 Å². The number of carbonyl (C=O) groups excluding carboxylic acids is 2. The van der Waals surface area contributed by atoms with Crippen molar-refractivity contribution in [2.24, 2.45) is 0 Å². The summed E-state index contributed by atoms with van der Waals surface area (Å²) in [6.45, 7) is 12.6. The monoisotopic (exact) mass is 719 g/mol. The number of unbranched alkanes of at least 4 members (excludes halogenated alkanes) is 5. The molecule has 0 unspecified atom stereocenters. The van der Waals surface area contributed by atoms with Gasteiger partial charge in [-0.2, -0.15) is 0 Å². The van der Waals surface area contributed by atoms with Crippen molar-refractivity contribution >= 4 is 12.2 Å². The van der Waals surface area contributed by atoms with E-state index in [0.29, 0.717) is 23.3 Å². The minimum atomic E-state index is -0.346. The summed E-state index contributed by atoms with van der Waals surface area (Å²) in [6.07, 6.45) is 6.57. The fourth-order valence-electron chi connectivity index (χ4n) is 5.60. The second-order valence-electron chi connectivity index (χ2n) is 15.3. The normalized spacial score (nSPS) is 11.8. The van der Waals surface area contributed by atoms with Crippen LogP contribution in [0.2, 0.25) is 0 Å². The van der Waals surface area contributed by atoms with E-state index < -0.39 is 0 Å². The van der Waals surface area contributed by atoms with Crippen LogP contribution in [-0.2, 0) is 13.1 Å². The predicted molar refractivity (Wildman–Crippen MR) is 190 cm³/mol. The molecule has 0 radical (unpaired) electrons. The lowest BCUT2D eigenvalue weighted by Gasteiger charge is -2.31. The fourth-order valence-corrected chi connectivity index (χ4v) is 5.60. The van der Waals surface area contributed by atoms with Crippen molar-refractivity contribution in [1.29, 1.82) is 0 Å². The maximum atomic E-state index is 12.3. The van der Waals surface area contributed by atoms with E-state index >= 15 is 0 Å². The number of rotatable bonds is 17. The summed E-state index contributed by atoms with van der Waals surface area (Å²) in [5.41, 5.74) is 4.70. The highest BCUT2D eigenvalue weighted by Gasteiger charge is 2.23. The lowest BCUT2D eigenvalue weighted by Crippen LogP contribution is -3.00. The molecule has 2 rings (SSSR count). The fraction of sp³-hybridized carbons (Fsp3) is 0.632. The molecule has 0 fully saturated rings. The largest absolute Gasteiger partial charge is 1.00 e. The van der Waals surface area contributed by atoms with Crippen molar-refractivity contribution < 1.29 is 45.0 Å². The van der Waals surface area contributed by atoms with Crippen molar-refractivity contribution in [3.63, 3.8) is 0 Å². The van der Waals surface area contributed by atoms with Crippen LogP contribution < -0.4 is 26.5 Å². The Morgan fingerprint density at radius 3 is 1.21 bits per heavy atom. The standard InChI is InChI=1S/C38H64N4O4.BrH/c1-29(2)31-19-21-35(45-37(43)39(5)6)33(25-31)27-41(9,10)23-17-15-13-14-16-18-24-42(11,12)28-34-26-32(30(3)4)20-22-36(34)46-38(44)40(7)8;/h19-22,25-26,29-30H,13-18,23-24,27-28H2,1-12H3;1H/q+2;/p-1. The number of hydrogen-bond acceptors (Lipinski definition) is 4. The van der Waals surface area contributed by atoms with Crippen LogP contribution in [-0.4, -0.2) is 100 Å². The predicted octanol–water partition coefficient (Wildman–Crippen LogP) is 5.25. The van der Waals surface area contributed by atoms with Crippen LogP contribution in [0.25, 0.3) is 0 Å². The first-order chi connectivity index (χ1) is 21.4. The first-order valence-electron chi connectivity index (χ1n) is 17.1. The molecule has 0 aliphatic heterocycles. The van der Waals surface area contributed by atoms with Crippen LogP contribution in [0.5, 0.6) is 11.5 Å². The average Bonchev–Trinajstić information content (AvgIpc) is 2.95. The van der Waals surface area contributed by atoms with E-state index in [2.05, 4.69) is 80.2 Å². The zero-order valence-electron chi connectivity index (χ0n) is 31.5. The van der Waals surface area contributed by atoms with Gasteiger partial charge in [-0.3, -0.25) is 0 Å². The number of carbonyl (C=O) groups is 2. The maximum Gasteiger partial charge on any atom is 0.414 e. The molecule has 0 aliphatic rings. The van der Waals surface area contributed by atoms with E-state index in [0.717, 1.165) is 46.3 Å². The van der Waals surface area contributed by atoms with Gasteiger partial charge in [0, 0.05) is 39.3 Å². The maximum absolute atomic E-state index is 12.3. The first-order valence-corrected chi connectivity index (χ1v) is 17.1. The van der Waals surface area contributed by atoms with Gasteiger partial charge in [0.1, 0.15) is 24.6 Å². The summed E-state index contributed by atoms with van der Waals surface area (Å²) < 4.78 is 13.1. The Kier molecular flexibility index (Phi) is 17.5. The molecule has 0 spiro atoms. The van der Waals surface area contributed by atoms with Crippen molar-refractivity contribution in [1.82, 2.24) is 9.80 Å². The zero-order chi connectivity index (χ0) is 34.7. The molecule has 0 heterocycles. The molecule has 8 nitrogen and oxygen atoms in total. The molecule has 2 amide bonds. The smallest absolute Gasteiger partial charge is 0.414 e. The van der Waals surface area contributed by atoms with E-state index in [1.165, 1.54) is 59.5 Å². The summed E-state index contributed by atoms with van der Waals surface area (Å²) in [4.78, 5) is 27.5. The lowest BCUT2D eigenvalue weighted by molar-refractivity contribution is -0.903. The van der Waals surface area contributed by atoms with Crippen molar-refractivity contribution in [3.8, 4) is 11.5 Å². The van der Waals surface area contributed by atoms with Gasteiger partial charge in [-0.05, 0) is 72.9 Å². The van der Waals surface area contributed by atoms with Crippen LogP contribution in [0.1, 0.15) is 100 Å². The molecule has 0 bridgehead atoms. The van der Waals surface area contributed by atoms with Crippen LogP contribution in [0.3, 0.4) is 0 Å². The Hall–Kier alpha value is -2.62. The van der Waals surface area contributed by atoms with Crippen molar-refractivity contribution in [3.05, 3.63) is 58.7 Å². The summed E-state index contributed by atoms with van der Waals surface area (Å²) >= 11 is 0. The molecular weight excluding hydrogens is 656 g/mol. The molecule has 0 saturated heterocycles. The van der Waals surface area contributed by atoms with E-state index in [9.17, 15) is 9.59 Å². The molecule has 2 aromatic carbocycles. The van der Waals surface area contributed by atoms with Crippen molar-refractivity contribution in [2.75, 3.05) is 69.5 Å². The van der Waals surface area contributed by atoms with Crippen molar-refractivity contribution in [2.45, 2.75) is 91.1 Å². The van der Waals surface area contributed by atoms with Crippen LogP contribution in [0, 0.1) is 0 Å². The number of hydrogen-bond donors (Lipinski definition) is 0. The van der Waals surface area contributed by atoms with Gasteiger partial charge in [0.15, 0.2) is 0 Å². The average molecular weight is 721 g/mol. The zero-order valence-corrected chi connectivity index (χ0v) is 33.1. The van der Waals surface area contributed by atoms with E-state index in [4.69, 9.17) is 9.47 Å². The van der Waals surface area contributed by atoms with Gasteiger partial charge >= 0.3 is 12.2 Å². The molecule has 0 aliphatic carbocycles. The summed E-state index contributed by atoms with van der Waals surface area (Å²) in [7, 11) is 15.9. The minimum absolute atomic E-state index is 0. The van der Waals surface area contributed by atoms with Gasteiger partial charge in [-0.25, -0.2) is 9.59 Å². The van der Waals surface area contributed by atoms with Gasteiger partial charge in [-0.15, -0.1) is 0 Å². The Bertz CT molecular complexity index is 1180. The van der Waals surface area contributed by atoms with Gasteiger partial charge < -0.3 is 45.2 Å². The Morgan fingerprint density at radius 1 is 0.596 bits per heavy atom. The van der Waals surface area contributed by atoms with Crippen LogP contribution in [0.4, 0.5) is 9.59 Å². The molecule has 2 aromatic rings. The number of nitrogens with zero attached hydrogens (tertiary/aromatic N) is 4. The van der Waals surface area contributed by atoms with Crippen LogP contribution >= 0.6 is 0 Å². The van der Waals surface area contributed by atoms with Gasteiger partial charge in [0.05, 0.1) is 41.3 Å². The third kappa shape index (κ3) is 15.0. The number of quaternary nitrogens is 2. The third-order valence-corrected chi connectivity index (χ3v) is 8.60. The second kappa shape index (κ2) is 19.4. The summed E-state index contributed by atoms with van der Waals surface area (Å²) in [5.74, 6) is 2.15. The topological polar surface area (TPSA) is 59.1 Å². The van der Waals surface area contributed by atoms with Gasteiger partial charge in [-0.1, -0.05) is 52.7 Å².